The van der Waals surface area contributed by atoms with Crippen molar-refractivity contribution < 1.29 is 38.5 Å². The second kappa shape index (κ2) is 22.8. The molecule has 8 nitrogen and oxygen atoms in total. The van der Waals surface area contributed by atoms with E-state index >= 15 is 0 Å². The van der Waals surface area contributed by atoms with E-state index < -0.39 is 5.97 Å². The number of allylic oxidation sites excluding steroid dienone is 1. The summed E-state index contributed by atoms with van der Waals surface area (Å²) in [5.74, 6) is -1.11. The van der Waals surface area contributed by atoms with Gasteiger partial charge in [-0.2, -0.15) is 0 Å². The van der Waals surface area contributed by atoms with Crippen LogP contribution in [0.3, 0.4) is 0 Å². The van der Waals surface area contributed by atoms with Crippen molar-refractivity contribution in [1.29, 1.82) is 0 Å². The standard InChI is InChI=1S/C10H10O2.C10H10O.C9H10O2.C8H8O3/c1-12-10(11)8-7-9-5-3-2-4-6-9;1-9(8-11)7-10-5-3-2-4-6-10;1-11-9(10)7-8-5-3-2-4-6-8;1-11-8(10)6-4-2-3-5-7(6)9/h2-8H,1H3;2-8H,1H3;2-6H,7H2,1H3;2-5,9H,1H3. The van der Waals surface area contributed by atoms with Gasteiger partial charge in [0.15, 0.2) is 0 Å². The first-order valence-electron chi connectivity index (χ1n) is 13.7. The maximum atomic E-state index is 10.9. The molecule has 0 spiro atoms. The van der Waals surface area contributed by atoms with E-state index in [0.717, 1.165) is 28.5 Å². The lowest BCUT2D eigenvalue weighted by Gasteiger charge is -1.99. The molecule has 4 rings (SSSR count). The highest BCUT2D eigenvalue weighted by Gasteiger charge is 2.08. The van der Waals surface area contributed by atoms with Crippen LogP contribution in [-0.2, 0) is 35.0 Å². The summed E-state index contributed by atoms with van der Waals surface area (Å²) in [7, 11) is 4.03. The highest BCUT2D eigenvalue weighted by Crippen LogP contribution is 2.15. The molecule has 0 fully saturated rings. The molecule has 0 aliphatic carbocycles. The predicted molar refractivity (Wildman–Crippen MR) is 175 cm³/mol. The largest absolute Gasteiger partial charge is 0.507 e. The van der Waals surface area contributed by atoms with E-state index in [1.165, 1.54) is 39.5 Å². The zero-order valence-electron chi connectivity index (χ0n) is 25.8. The first kappa shape index (κ1) is 37.3. The monoisotopic (exact) mass is 610 g/mol. The molecule has 0 amide bonds. The molecule has 0 aromatic heterocycles. The summed E-state index contributed by atoms with van der Waals surface area (Å²) >= 11 is 0. The molecule has 0 bridgehead atoms. The number of rotatable bonds is 7. The molecule has 4 aromatic carbocycles. The molecule has 45 heavy (non-hydrogen) atoms. The molecule has 0 aliphatic heterocycles. The number of carbonyl (C=O) groups is 4. The van der Waals surface area contributed by atoms with Gasteiger partial charge in [-0.15, -0.1) is 0 Å². The Morgan fingerprint density at radius 1 is 0.667 bits per heavy atom. The number of aromatic hydroxyl groups is 1. The van der Waals surface area contributed by atoms with Crippen LogP contribution in [0.2, 0.25) is 0 Å². The Kier molecular flexibility index (Phi) is 18.9. The van der Waals surface area contributed by atoms with E-state index in [2.05, 4.69) is 14.2 Å². The van der Waals surface area contributed by atoms with Gasteiger partial charge < -0.3 is 19.3 Å². The Morgan fingerprint density at radius 3 is 1.67 bits per heavy atom. The van der Waals surface area contributed by atoms with Crippen LogP contribution in [0.4, 0.5) is 0 Å². The third-order valence-electron chi connectivity index (χ3n) is 5.52. The summed E-state index contributed by atoms with van der Waals surface area (Å²) < 4.78 is 13.4. The molecule has 0 aliphatic rings. The van der Waals surface area contributed by atoms with Crippen LogP contribution in [0.15, 0.2) is 127 Å². The Morgan fingerprint density at radius 2 is 1.18 bits per heavy atom. The fraction of sp³-hybridized carbons (Fsp3) is 0.135. The Hall–Kier alpha value is -5.76. The molecule has 1 N–H and O–H groups in total. The van der Waals surface area contributed by atoms with E-state index in [4.69, 9.17) is 5.11 Å². The molecule has 0 heterocycles. The summed E-state index contributed by atoms with van der Waals surface area (Å²) in [5.41, 5.74) is 3.98. The number of phenols is 1. The molecule has 0 atom stereocenters. The van der Waals surface area contributed by atoms with Gasteiger partial charge in [-0.1, -0.05) is 103 Å². The molecule has 0 unspecified atom stereocenters. The Labute approximate surface area is 264 Å². The average molecular weight is 611 g/mol. The van der Waals surface area contributed by atoms with Crippen LogP contribution in [-0.4, -0.2) is 50.6 Å². The SMILES string of the molecule is CC(C=O)=Cc1ccccc1.COC(=O)C=Cc1ccccc1.COC(=O)Cc1ccccc1.COC(=O)c1ccccc1O. The van der Waals surface area contributed by atoms with E-state index in [0.29, 0.717) is 6.42 Å². The van der Waals surface area contributed by atoms with Crippen molar-refractivity contribution in [3.05, 3.63) is 149 Å². The number of hydrogen-bond acceptors (Lipinski definition) is 8. The van der Waals surface area contributed by atoms with Gasteiger partial charge in [0.1, 0.15) is 17.6 Å². The maximum absolute atomic E-state index is 10.9. The van der Waals surface area contributed by atoms with Crippen molar-refractivity contribution >= 4 is 36.3 Å². The third kappa shape index (κ3) is 17.1. The topological polar surface area (TPSA) is 116 Å². The second-order valence-electron chi connectivity index (χ2n) is 8.93. The first-order valence-corrected chi connectivity index (χ1v) is 13.7. The lowest BCUT2D eigenvalue weighted by atomic mass is 10.1. The van der Waals surface area contributed by atoms with Gasteiger partial charge in [0, 0.05) is 6.08 Å². The van der Waals surface area contributed by atoms with E-state index in [-0.39, 0.29) is 23.3 Å². The lowest BCUT2D eigenvalue weighted by molar-refractivity contribution is -0.139. The zero-order valence-corrected chi connectivity index (χ0v) is 25.8. The van der Waals surface area contributed by atoms with Crippen LogP contribution < -0.4 is 0 Å². The van der Waals surface area contributed by atoms with E-state index in [1.807, 2.05) is 97.1 Å². The molecular formula is C37H38O8. The number of esters is 3. The summed E-state index contributed by atoms with van der Waals surface area (Å²) in [4.78, 5) is 42.5. The summed E-state index contributed by atoms with van der Waals surface area (Å²) in [6.45, 7) is 1.79. The molecular weight excluding hydrogens is 572 g/mol. The Balaban J connectivity index is 0.000000300. The second-order valence-corrected chi connectivity index (χ2v) is 8.93. The quantitative estimate of drug-likeness (QED) is 0.106. The molecule has 0 saturated heterocycles. The summed E-state index contributed by atoms with van der Waals surface area (Å²) in [6.07, 6.45) is 6.18. The van der Waals surface area contributed by atoms with Crippen LogP contribution in [0, 0.1) is 0 Å². The van der Waals surface area contributed by atoms with Gasteiger partial charge in [0.05, 0.1) is 27.8 Å². The minimum absolute atomic E-state index is 0.0562. The average Bonchev–Trinajstić information content (AvgIpc) is 3.09. The third-order valence-corrected chi connectivity index (χ3v) is 5.52. The fourth-order valence-corrected chi connectivity index (χ4v) is 3.23. The van der Waals surface area contributed by atoms with Gasteiger partial charge in [-0.25, -0.2) is 9.59 Å². The highest BCUT2D eigenvalue weighted by molar-refractivity contribution is 5.92. The molecule has 4 aromatic rings. The minimum atomic E-state index is -0.525. The number of hydrogen-bond donors (Lipinski definition) is 1. The molecule has 234 valence electrons. The van der Waals surface area contributed by atoms with E-state index in [9.17, 15) is 19.2 Å². The van der Waals surface area contributed by atoms with Gasteiger partial charge in [0.25, 0.3) is 0 Å². The number of methoxy groups -OCH3 is 3. The van der Waals surface area contributed by atoms with Crippen molar-refractivity contribution in [3.63, 3.8) is 0 Å². The predicted octanol–water partition coefficient (Wildman–Crippen LogP) is 6.74. The van der Waals surface area contributed by atoms with Crippen molar-refractivity contribution in [2.45, 2.75) is 13.3 Å². The van der Waals surface area contributed by atoms with Crippen molar-refractivity contribution in [1.82, 2.24) is 0 Å². The summed E-state index contributed by atoms with van der Waals surface area (Å²) in [5, 5.41) is 9.11. The number of carbonyl (C=O) groups excluding carboxylic acids is 4. The van der Waals surface area contributed by atoms with Gasteiger partial charge in [-0.3, -0.25) is 9.59 Å². The normalized spacial score (nSPS) is 9.91. The number of aldehydes is 1. The number of para-hydroxylation sites is 1. The minimum Gasteiger partial charge on any atom is -0.507 e. The van der Waals surface area contributed by atoms with Crippen LogP contribution in [0.25, 0.3) is 12.2 Å². The maximum Gasteiger partial charge on any atom is 0.341 e. The summed E-state index contributed by atoms with van der Waals surface area (Å²) in [6, 6.07) is 35.1. The van der Waals surface area contributed by atoms with Crippen LogP contribution in [0.5, 0.6) is 5.75 Å². The zero-order chi connectivity index (χ0) is 33.3. The van der Waals surface area contributed by atoms with Crippen molar-refractivity contribution in [3.8, 4) is 5.75 Å². The smallest absolute Gasteiger partial charge is 0.341 e. The molecule has 8 heteroatoms. The first-order chi connectivity index (χ1) is 21.7. The van der Waals surface area contributed by atoms with Crippen molar-refractivity contribution in [2.24, 2.45) is 0 Å². The van der Waals surface area contributed by atoms with Crippen LogP contribution >= 0.6 is 0 Å². The van der Waals surface area contributed by atoms with Crippen LogP contribution in [0.1, 0.15) is 34.0 Å². The number of ether oxygens (including phenoxy) is 3. The number of phenolic OH excluding ortho intramolecular Hbond substituents is 1. The lowest BCUT2D eigenvalue weighted by Crippen LogP contribution is -2.03. The van der Waals surface area contributed by atoms with E-state index in [1.54, 1.807) is 25.1 Å². The fourth-order valence-electron chi connectivity index (χ4n) is 3.23. The number of benzene rings is 4. The molecule has 0 saturated carbocycles. The van der Waals surface area contributed by atoms with Crippen molar-refractivity contribution in [2.75, 3.05) is 21.3 Å². The Bertz CT molecular complexity index is 1500. The molecule has 0 radical (unpaired) electrons. The van der Waals surface area contributed by atoms with Gasteiger partial charge >= 0.3 is 17.9 Å². The van der Waals surface area contributed by atoms with Gasteiger partial charge in [0.2, 0.25) is 0 Å². The highest BCUT2D eigenvalue weighted by atomic mass is 16.5. The van der Waals surface area contributed by atoms with Gasteiger partial charge in [-0.05, 0) is 53.5 Å².